The van der Waals surface area contributed by atoms with Crippen LogP contribution in [0.3, 0.4) is 0 Å². The number of hydrogen-bond donors (Lipinski definition) is 1. The van der Waals surface area contributed by atoms with E-state index >= 15 is 0 Å². The Bertz CT molecular complexity index is 444. The van der Waals surface area contributed by atoms with Crippen molar-refractivity contribution in [2.45, 2.75) is 32.4 Å². The third-order valence-corrected chi connectivity index (χ3v) is 4.55. The van der Waals surface area contributed by atoms with Crippen molar-refractivity contribution in [2.75, 3.05) is 31.2 Å². The van der Waals surface area contributed by atoms with E-state index in [0.717, 1.165) is 12.2 Å². The summed E-state index contributed by atoms with van der Waals surface area (Å²) in [6.07, 6.45) is 3.79. The molecule has 0 bridgehead atoms. The van der Waals surface area contributed by atoms with Crippen LogP contribution in [0, 0.1) is 0 Å². The fourth-order valence-corrected chi connectivity index (χ4v) is 1.93. The molecule has 5 heteroatoms. The maximum absolute atomic E-state index is 12.2. The van der Waals surface area contributed by atoms with Gasteiger partial charge in [-0.2, -0.15) is 11.8 Å². The first-order chi connectivity index (χ1) is 9.43. The summed E-state index contributed by atoms with van der Waals surface area (Å²) < 4.78 is 0.159. The summed E-state index contributed by atoms with van der Waals surface area (Å²) >= 11 is 1.82. The molecule has 0 fully saturated rings. The molecule has 1 heterocycles. The minimum Gasteiger partial charge on any atom is -0.384 e. The van der Waals surface area contributed by atoms with E-state index in [1.165, 1.54) is 0 Å². The predicted octanol–water partition coefficient (Wildman–Crippen LogP) is 3.12. The maximum Gasteiger partial charge on any atom is 0.272 e. The summed E-state index contributed by atoms with van der Waals surface area (Å²) in [4.78, 5) is 18.2. The van der Waals surface area contributed by atoms with Crippen molar-refractivity contribution in [1.82, 2.24) is 9.88 Å². The molecule has 1 aromatic heterocycles. The summed E-state index contributed by atoms with van der Waals surface area (Å²) in [5.41, 5.74) is 1.44. The van der Waals surface area contributed by atoms with Crippen LogP contribution in [0.25, 0.3) is 0 Å². The molecule has 0 aliphatic heterocycles. The van der Waals surface area contributed by atoms with Gasteiger partial charge in [-0.05, 0) is 46.1 Å². The molecular weight excluding hydrogens is 270 g/mol. The fraction of sp³-hybridized carbons (Fsp3) is 0.600. The van der Waals surface area contributed by atoms with Crippen molar-refractivity contribution in [1.29, 1.82) is 0 Å². The summed E-state index contributed by atoms with van der Waals surface area (Å²) in [6.45, 7) is 10.6. The van der Waals surface area contributed by atoms with Gasteiger partial charge in [0.2, 0.25) is 0 Å². The lowest BCUT2D eigenvalue weighted by Crippen LogP contribution is -2.31. The summed E-state index contributed by atoms with van der Waals surface area (Å²) in [7, 11) is 0. The van der Waals surface area contributed by atoms with Crippen LogP contribution in [-0.4, -0.2) is 46.4 Å². The minimum absolute atomic E-state index is 0.0113. The summed E-state index contributed by atoms with van der Waals surface area (Å²) in [6, 6.07) is 3.73. The molecule has 0 radical (unpaired) electrons. The molecule has 1 aromatic rings. The van der Waals surface area contributed by atoms with E-state index < -0.39 is 0 Å². The van der Waals surface area contributed by atoms with Crippen LogP contribution >= 0.6 is 11.8 Å². The summed E-state index contributed by atoms with van der Waals surface area (Å²) in [5.74, 6) is -0.0113. The predicted molar refractivity (Wildman–Crippen MR) is 87.6 cm³/mol. The number of aromatic nitrogens is 1. The molecule has 0 saturated heterocycles. The Hall–Kier alpha value is -1.23. The van der Waals surface area contributed by atoms with Gasteiger partial charge in [0, 0.05) is 36.3 Å². The molecule has 112 valence electrons. The molecule has 0 aliphatic rings. The molecule has 0 atom stereocenters. The zero-order chi connectivity index (χ0) is 15.2. The number of rotatable bonds is 7. The average molecular weight is 295 g/mol. The maximum atomic E-state index is 12.2. The monoisotopic (exact) mass is 295 g/mol. The third kappa shape index (κ3) is 4.71. The van der Waals surface area contributed by atoms with Gasteiger partial charge < -0.3 is 10.2 Å². The summed E-state index contributed by atoms with van der Waals surface area (Å²) in [5, 5.41) is 3.37. The van der Waals surface area contributed by atoms with Gasteiger partial charge in [0.15, 0.2) is 0 Å². The Morgan fingerprint density at radius 3 is 2.60 bits per heavy atom. The van der Waals surface area contributed by atoms with Gasteiger partial charge in [-0.3, -0.25) is 9.78 Å². The first-order valence-corrected chi connectivity index (χ1v) is 8.20. The van der Waals surface area contributed by atoms with E-state index in [0.29, 0.717) is 18.8 Å². The number of thioether (sulfide) groups is 1. The molecule has 0 aliphatic carbocycles. The van der Waals surface area contributed by atoms with Crippen LogP contribution in [0.4, 0.5) is 5.69 Å². The second-order valence-electron chi connectivity index (χ2n) is 5.22. The molecule has 0 unspecified atom stereocenters. The van der Waals surface area contributed by atoms with E-state index in [1.807, 2.05) is 37.7 Å². The van der Waals surface area contributed by atoms with E-state index in [-0.39, 0.29) is 10.7 Å². The largest absolute Gasteiger partial charge is 0.384 e. The van der Waals surface area contributed by atoms with Gasteiger partial charge in [-0.15, -0.1) is 0 Å². The van der Waals surface area contributed by atoms with Crippen LogP contribution in [0.1, 0.15) is 38.2 Å². The van der Waals surface area contributed by atoms with Gasteiger partial charge in [0.05, 0.1) is 0 Å². The number of nitrogens with zero attached hydrogens (tertiary/aromatic N) is 2. The quantitative estimate of drug-likeness (QED) is 0.839. The highest BCUT2D eigenvalue weighted by molar-refractivity contribution is 7.99. The number of hydrogen-bond acceptors (Lipinski definition) is 4. The van der Waals surface area contributed by atoms with Crippen LogP contribution in [-0.2, 0) is 0 Å². The molecule has 0 saturated carbocycles. The van der Waals surface area contributed by atoms with Gasteiger partial charge in [-0.1, -0.05) is 0 Å². The zero-order valence-corrected chi connectivity index (χ0v) is 13.9. The Kier molecular flexibility index (Phi) is 6.33. The number of anilines is 1. The van der Waals surface area contributed by atoms with E-state index in [2.05, 4.69) is 30.4 Å². The fourth-order valence-electron chi connectivity index (χ4n) is 1.72. The van der Waals surface area contributed by atoms with Crippen molar-refractivity contribution >= 4 is 23.4 Å². The molecule has 1 rings (SSSR count). The number of amides is 1. The molecule has 0 spiro atoms. The first-order valence-electron chi connectivity index (χ1n) is 6.98. The number of pyridine rings is 1. The molecule has 4 nitrogen and oxygen atoms in total. The van der Waals surface area contributed by atoms with Crippen LogP contribution < -0.4 is 5.32 Å². The highest BCUT2D eigenvalue weighted by atomic mass is 32.2. The van der Waals surface area contributed by atoms with E-state index in [1.54, 1.807) is 11.1 Å². The lowest BCUT2D eigenvalue weighted by atomic mass is 10.2. The second kappa shape index (κ2) is 7.53. The minimum atomic E-state index is -0.0113. The highest BCUT2D eigenvalue weighted by Crippen LogP contribution is 2.22. The van der Waals surface area contributed by atoms with Crippen molar-refractivity contribution in [3.05, 3.63) is 24.0 Å². The molecule has 1 amide bonds. The lowest BCUT2D eigenvalue weighted by Gasteiger charge is -2.23. The normalized spacial score (nSPS) is 11.2. The third-order valence-electron chi connectivity index (χ3n) is 3.30. The number of carbonyl (C=O) groups is 1. The zero-order valence-electron chi connectivity index (χ0n) is 13.1. The molecule has 0 aromatic carbocycles. The Balaban J connectivity index is 2.78. The van der Waals surface area contributed by atoms with Crippen molar-refractivity contribution in [3.63, 3.8) is 0 Å². The van der Waals surface area contributed by atoms with Crippen molar-refractivity contribution in [3.8, 4) is 0 Å². The smallest absolute Gasteiger partial charge is 0.272 e. The number of carbonyl (C=O) groups excluding carboxylic acids is 1. The van der Waals surface area contributed by atoms with E-state index in [9.17, 15) is 4.79 Å². The standard InChI is InChI=1S/C15H25N3OS/c1-6-18(7-2)14(19)13-10-12(8-9-16-13)17-11-15(3,4)20-5/h8-10H,6-7,11H2,1-5H3,(H,16,17). The molecule has 20 heavy (non-hydrogen) atoms. The van der Waals surface area contributed by atoms with Gasteiger partial charge in [0.25, 0.3) is 5.91 Å². The van der Waals surface area contributed by atoms with Crippen LogP contribution in [0.15, 0.2) is 18.3 Å². The Morgan fingerprint density at radius 1 is 1.40 bits per heavy atom. The van der Waals surface area contributed by atoms with Crippen molar-refractivity contribution in [2.24, 2.45) is 0 Å². The van der Waals surface area contributed by atoms with Crippen LogP contribution in [0.5, 0.6) is 0 Å². The Morgan fingerprint density at radius 2 is 2.05 bits per heavy atom. The van der Waals surface area contributed by atoms with Gasteiger partial charge in [0.1, 0.15) is 5.69 Å². The number of nitrogens with one attached hydrogen (secondary N) is 1. The van der Waals surface area contributed by atoms with Gasteiger partial charge >= 0.3 is 0 Å². The van der Waals surface area contributed by atoms with Crippen molar-refractivity contribution < 1.29 is 4.79 Å². The van der Waals surface area contributed by atoms with Crippen LogP contribution in [0.2, 0.25) is 0 Å². The second-order valence-corrected chi connectivity index (χ2v) is 6.74. The first kappa shape index (κ1) is 16.8. The Labute approximate surface area is 126 Å². The van der Waals surface area contributed by atoms with Gasteiger partial charge in [-0.25, -0.2) is 0 Å². The molecular formula is C15H25N3OS. The highest BCUT2D eigenvalue weighted by Gasteiger charge is 2.17. The lowest BCUT2D eigenvalue weighted by molar-refractivity contribution is 0.0767. The average Bonchev–Trinajstić information content (AvgIpc) is 2.47. The topological polar surface area (TPSA) is 45.2 Å². The van der Waals surface area contributed by atoms with E-state index in [4.69, 9.17) is 0 Å². The SMILES string of the molecule is CCN(CC)C(=O)c1cc(NCC(C)(C)SC)ccn1. The molecule has 1 N–H and O–H groups in total.